The lowest BCUT2D eigenvalue weighted by molar-refractivity contribution is 0.104. The first kappa shape index (κ1) is 12.1. The molecule has 17 heavy (non-hydrogen) atoms. The molecule has 1 nitrogen and oxygen atoms in total. The number of carbonyl (C=O) groups is 1. The maximum absolute atomic E-state index is 12.1. The van der Waals surface area contributed by atoms with E-state index in [4.69, 9.17) is 0 Å². The van der Waals surface area contributed by atoms with Crippen molar-refractivity contribution in [3.63, 3.8) is 0 Å². The lowest BCUT2D eigenvalue weighted by Gasteiger charge is -2.13. The smallest absolute Gasteiger partial charge is 0.185 e. The van der Waals surface area contributed by atoms with Crippen LogP contribution in [0.5, 0.6) is 0 Å². The first-order valence-corrected chi connectivity index (χ1v) is 6.47. The fraction of sp³-hybridized carbons (Fsp3) is 0.438. The van der Waals surface area contributed by atoms with Gasteiger partial charge in [-0.3, -0.25) is 4.79 Å². The number of ketones is 1. The molecule has 1 aromatic rings. The third kappa shape index (κ3) is 3.29. The molecule has 1 aliphatic carbocycles. The van der Waals surface area contributed by atoms with Gasteiger partial charge in [0.25, 0.3) is 0 Å². The van der Waals surface area contributed by atoms with Crippen LogP contribution < -0.4 is 0 Å². The minimum atomic E-state index is 0.175. The Bertz CT molecular complexity index is 426. The molecule has 1 heteroatoms. The lowest BCUT2D eigenvalue weighted by Crippen LogP contribution is -2.01. The van der Waals surface area contributed by atoms with Crippen molar-refractivity contribution < 1.29 is 4.79 Å². The SMILES string of the molecule is Cc1cc(C)cc(C(=O)C=C2CCCCC2)c1. The van der Waals surface area contributed by atoms with E-state index in [-0.39, 0.29) is 5.78 Å². The zero-order valence-corrected chi connectivity index (χ0v) is 10.8. The van der Waals surface area contributed by atoms with E-state index in [0.717, 1.165) is 29.5 Å². The summed E-state index contributed by atoms with van der Waals surface area (Å²) in [5, 5.41) is 0. The van der Waals surface area contributed by atoms with Gasteiger partial charge in [-0.15, -0.1) is 0 Å². The molecule has 0 atom stereocenters. The Morgan fingerprint density at radius 3 is 2.18 bits per heavy atom. The summed E-state index contributed by atoms with van der Waals surface area (Å²) in [4.78, 5) is 12.1. The molecule has 0 saturated heterocycles. The van der Waals surface area contributed by atoms with Gasteiger partial charge in [0.1, 0.15) is 0 Å². The van der Waals surface area contributed by atoms with Gasteiger partial charge in [-0.2, -0.15) is 0 Å². The Balaban J connectivity index is 2.18. The zero-order valence-electron chi connectivity index (χ0n) is 10.8. The predicted octanol–water partition coefficient (Wildman–Crippen LogP) is 4.38. The van der Waals surface area contributed by atoms with Crippen molar-refractivity contribution in [2.45, 2.75) is 46.0 Å². The van der Waals surface area contributed by atoms with Gasteiger partial charge >= 0.3 is 0 Å². The van der Waals surface area contributed by atoms with Gasteiger partial charge in [-0.25, -0.2) is 0 Å². The average Bonchev–Trinajstić information content (AvgIpc) is 2.29. The quantitative estimate of drug-likeness (QED) is 0.542. The van der Waals surface area contributed by atoms with Crippen molar-refractivity contribution >= 4 is 5.78 Å². The Hall–Kier alpha value is -1.37. The van der Waals surface area contributed by atoms with Gasteiger partial charge in [-0.1, -0.05) is 29.2 Å². The number of rotatable bonds is 2. The molecule has 90 valence electrons. The van der Waals surface area contributed by atoms with E-state index in [1.54, 1.807) is 0 Å². The van der Waals surface area contributed by atoms with E-state index in [1.165, 1.54) is 24.8 Å². The Labute approximate surface area is 104 Å². The normalized spacial score (nSPS) is 15.8. The highest BCUT2D eigenvalue weighted by Crippen LogP contribution is 2.23. The van der Waals surface area contributed by atoms with E-state index in [0.29, 0.717) is 0 Å². The maximum Gasteiger partial charge on any atom is 0.185 e. The van der Waals surface area contributed by atoms with Crippen LogP contribution in [-0.2, 0) is 0 Å². The molecule has 0 amide bonds. The van der Waals surface area contributed by atoms with Crippen LogP contribution in [0.2, 0.25) is 0 Å². The molecule has 0 radical (unpaired) electrons. The van der Waals surface area contributed by atoms with Gasteiger partial charge in [0.2, 0.25) is 0 Å². The van der Waals surface area contributed by atoms with E-state index < -0.39 is 0 Å². The lowest BCUT2D eigenvalue weighted by atomic mass is 9.93. The minimum Gasteiger partial charge on any atom is -0.289 e. The van der Waals surface area contributed by atoms with E-state index in [1.807, 2.05) is 32.1 Å². The van der Waals surface area contributed by atoms with Crippen LogP contribution >= 0.6 is 0 Å². The molecule has 2 rings (SSSR count). The molecule has 1 aromatic carbocycles. The number of hydrogen-bond acceptors (Lipinski definition) is 1. The van der Waals surface area contributed by atoms with Crippen molar-refractivity contribution in [1.29, 1.82) is 0 Å². The van der Waals surface area contributed by atoms with Crippen molar-refractivity contribution in [3.8, 4) is 0 Å². The number of carbonyl (C=O) groups excluding carboxylic acids is 1. The van der Waals surface area contributed by atoms with Crippen molar-refractivity contribution in [2.24, 2.45) is 0 Å². The highest BCUT2D eigenvalue weighted by atomic mass is 16.1. The highest BCUT2D eigenvalue weighted by molar-refractivity contribution is 6.05. The Morgan fingerprint density at radius 1 is 1.00 bits per heavy atom. The highest BCUT2D eigenvalue weighted by Gasteiger charge is 2.09. The molecule has 0 N–H and O–H groups in total. The third-order valence-electron chi connectivity index (χ3n) is 3.34. The van der Waals surface area contributed by atoms with Crippen LogP contribution in [0, 0.1) is 13.8 Å². The zero-order chi connectivity index (χ0) is 12.3. The molecular formula is C16H20O. The molecule has 0 aliphatic heterocycles. The topological polar surface area (TPSA) is 17.1 Å². The molecule has 0 unspecified atom stereocenters. The summed E-state index contributed by atoms with van der Waals surface area (Å²) in [6.45, 7) is 4.08. The molecule has 1 aliphatic rings. The molecule has 0 aromatic heterocycles. The van der Waals surface area contributed by atoms with Gasteiger partial charge in [-0.05, 0) is 57.7 Å². The summed E-state index contributed by atoms with van der Waals surface area (Å²) >= 11 is 0. The van der Waals surface area contributed by atoms with Crippen LogP contribution in [0.4, 0.5) is 0 Å². The van der Waals surface area contributed by atoms with E-state index in [9.17, 15) is 4.79 Å². The standard InChI is InChI=1S/C16H20O/c1-12-8-13(2)10-15(9-12)16(17)11-14-6-4-3-5-7-14/h8-11H,3-7H2,1-2H3. The fourth-order valence-electron chi connectivity index (χ4n) is 2.54. The number of allylic oxidation sites excluding steroid dienone is 2. The summed E-state index contributed by atoms with van der Waals surface area (Å²) in [6, 6.07) is 6.06. The minimum absolute atomic E-state index is 0.175. The van der Waals surface area contributed by atoms with E-state index >= 15 is 0 Å². The molecule has 0 heterocycles. The first-order chi connectivity index (χ1) is 8.15. The molecule has 1 fully saturated rings. The summed E-state index contributed by atoms with van der Waals surface area (Å²) in [6.07, 6.45) is 7.88. The van der Waals surface area contributed by atoms with E-state index in [2.05, 4.69) is 6.07 Å². The Morgan fingerprint density at radius 2 is 1.59 bits per heavy atom. The second kappa shape index (κ2) is 5.31. The fourth-order valence-corrected chi connectivity index (χ4v) is 2.54. The maximum atomic E-state index is 12.1. The van der Waals surface area contributed by atoms with Crippen LogP contribution in [0.1, 0.15) is 53.6 Å². The summed E-state index contributed by atoms with van der Waals surface area (Å²) in [5.41, 5.74) is 4.49. The van der Waals surface area contributed by atoms with Crippen molar-refractivity contribution in [2.75, 3.05) is 0 Å². The van der Waals surface area contributed by atoms with Gasteiger partial charge in [0, 0.05) is 5.56 Å². The summed E-state index contributed by atoms with van der Waals surface area (Å²) in [5.74, 6) is 0.175. The van der Waals surface area contributed by atoms with Crippen molar-refractivity contribution in [3.05, 3.63) is 46.5 Å². The van der Waals surface area contributed by atoms with Gasteiger partial charge in [0.05, 0.1) is 0 Å². The van der Waals surface area contributed by atoms with Crippen molar-refractivity contribution in [1.82, 2.24) is 0 Å². The van der Waals surface area contributed by atoms with Crippen LogP contribution in [0.15, 0.2) is 29.8 Å². The first-order valence-electron chi connectivity index (χ1n) is 6.47. The molecule has 1 saturated carbocycles. The summed E-state index contributed by atoms with van der Waals surface area (Å²) < 4.78 is 0. The average molecular weight is 228 g/mol. The van der Waals surface area contributed by atoms with Gasteiger partial charge < -0.3 is 0 Å². The number of aryl methyl sites for hydroxylation is 2. The number of benzene rings is 1. The second-order valence-corrected chi connectivity index (χ2v) is 5.10. The second-order valence-electron chi connectivity index (χ2n) is 5.10. The molecular weight excluding hydrogens is 208 g/mol. The third-order valence-corrected chi connectivity index (χ3v) is 3.34. The number of hydrogen-bond donors (Lipinski definition) is 0. The van der Waals surface area contributed by atoms with Crippen LogP contribution in [0.3, 0.4) is 0 Å². The van der Waals surface area contributed by atoms with Crippen LogP contribution in [-0.4, -0.2) is 5.78 Å². The summed E-state index contributed by atoms with van der Waals surface area (Å²) in [7, 11) is 0. The molecule has 0 spiro atoms. The monoisotopic (exact) mass is 228 g/mol. The largest absolute Gasteiger partial charge is 0.289 e. The molecule has 0 bridgehead atoms. The van der Waals surface area contributed by atoms with Gasteiger partial charge in [0.15, 0.2) is 5.78 Å². The Kier molecular flexibility index (Phi) is 3.78. The predicted molar refractivity (Wildman–Crippen MR) is 71.4 cm³/mol. The van der Waals surface area contributed by atoms with Crippen LogP contribution in [0.25, 0.3) is 0 Å².